The molecule has 0 aliphatic carbocycles. The van der Waals surface area contributed by atoms with E-state index in [4.69, 9.17) is 28.3 Å². The molecule has 186 valence electrons. The third-order valence-corrected chi connectivity index (χ3v) is 10.7. The third kappa shape index (κ3) is 4.88. The average Bonchev–Trinajstić information content (AvgIpc) is 3.38. The summed E-state index contributed by atoms with van der Waals surface area (Å²) in [5.74, 6) is 0.300. The van der Waals surface area contributed by atoms with Gasteiger partial charge in [-0.2, -0.15) is 5.10 Å². The Hall–Kier alpha value is -1.58. The Morgan fingerprint density at radius 2 is 1.97 bits per heavy atom. The van der Waals surface area contributed by atoms with Crippen LogP contribution in [-0.2, 0) is 17.5 Å². The van der Waals surface area contributed by atoms with Crippen LogP contribution in [0.15, 0.2) is 58.7 Å². The molecule has 2 atom stereocenters. The number of aromatic nitrogens is 3. The topological polar surface area (TPSA) is 77.0 Å². The summed E-state index contributed by atoms with van der Waals surface area (Å²) < 4.78 is 13.9. The lowest BCUT2D eigenvalue weighted by atomic mass is 9.67. The van der Waals surface area contributed by atoms with Crippen LogP contribution >= 0.6 is 35.0 Å². The lowest BCUT2D eigenvalue weighted by molar-refractivity contribution is 0.156. The number of nitrogens with zero attached hydrogens (tertiary/aromatic N) is 4. The average molecular weight is 551 g/mol. The highest BCUT2D eigenvalue weighted by Gasteiger charge is 2.50. The van der Waals surface area contributed by atoms with Crippen LogP contribution in [-0.4, -0.2) is 36.8 Å². The van der Waals surface area contributed by atoms with Crippen molar-refractivity contribution in [3.63, 3.8) is 0 Å². The molecule has 5 rings (SSSR count). The number of nitrogens with two attached hydrogens (primary N) is 1. The van der Waals surface area contributed by atoms with E-state index < -0.39 is 15.7 Å². The number of hydrogen-bond acceptors (Lipinski definition) is 5. The van der Waals surface area contributed by atoms with Crippen molar-refractivity contribution in [2.75, 3.05) is 18.0 Å². The number of halogens is 2. The highest BCUT2D eigenvalue weighted by atomic mass is 35.5. The lowest BCUT2D eigenvalue weighted by Gasteiger charge is -2.44. The molecule has 10 heteroatoms. The van der Waals surface area contributed by atoms with Gasteiger partial charge >= 0.3 is 0 Å². The standard InChI is InChI=1S/C25H29Cl2N5OS2/c1-24(2,35(28)33)14-18-20-8-11-30-32(20)16-25(18)9-12-31(13-10-25)17-6-7-22(29-15-17)34-21-5-3-4-19(26)23(21)27/h3-8,11,15,18H,9-10,12-14,16,28H2,1-2H3/t18-,35?/m1/s1. The van der Waals surface area contributed by atoms with Gasteiger partial charge in [0, 0.05) is 47.8 Å². The second-order valence-electron chi connectivity index (χ2n) is 10.1. The number of piperidine rings is 1. The van der Waals surface area contributed by atoms with Crippen molar-refractivity contribution >= 4 is 51.6 Å². The quantitative estimate of drug-likeness (QED) is 0.413. The molecule has 2 aromatic heterocycles. The van der Waals surface area contributed by atoms with Crippen LogP contribution in [0, 0.1) is 5.41 Å². The van der Waals surface area contributed by atoms with Crippen LogP contribution < -0.4 is 10.0 Å². The van der Waals surface area contributed by atoms with Gasteiger partial charge in [-0.15, -0.1) is 0 Å². The molecule has 2 N–H and O–H groups in total. The van der Waals surface area contributed by atoms with Gasteiger partial charge in [0.2, 0.25) is 0 Å². The molecule has 3 aromatic rings. The Bertz CT molecular complexity index is 1240. The minimum Gasteiger partial charge on any atom is -0.370 e. The van der Waals surface area contributed by atoms with Crippen LogP contribution in [0.1, 0.15) is 44.7 Å². The second-order valence-corrected chi connectivity index (χ2v) is 13.6. The first-order chi connectivity index (χ1) is 16.7. The fraction of sp³-hybridized carbons (Fsp3) is 0.440. The first-order valence-corrected chi connectivity index (χ1v) is 14.5. The first kappa shape index (κ1) is 25.1. The Labute approximate surface area is 223 Å². The molecule has 1 fully saturated rings. The number of fused-ring (bicyclic) bond motifs is 1. The molecule has 1 aromatic carbocycles. The monoisotopic (exact) mass is 549 g/mol. The molecule has 1 unspecified atom stereocenters. The largest absolute Gasteiger partial charge is 0.370 e. The van der Waals surface area contributed by atoms with E-state index in [1.807, 2.05) is 44.4 Å². The van der Waals surface area contributed by atoms with Crippen LogP contribution in [0.4, 0.5) is 5.69 Å². The second kappa shape index (κ2) is 9.71. The van der Waals surface area contributed by atoms with Gasteiger partial charge in [-0.1, -0.05) is 41.0 Å². The molecule has 35 heavy (non-hydrogen) atoms. The summed E-state index contributed by atoms with van der Waals surface area (Å²) in [6, 6.07) is 11.9. The maximum absolute atomic E-state index is 12.2. The van der Waals surface area contributed by atoms with Gasteiger partial charge < -0.3 is 4.90 Å². The van der Waals surface area contributed by atoms with E-state index in [2.05, 4.69) is 31.8 Å². The molecule has 4 heterocycles. The number of rotatable bonds is 6. The maximum atomic E-state index is 12.2. The molecule has 2 aliphatic rings. The van der Waals surface area contributed by atoms with Gasteiger partial charge in [0.05, 0.1) is 37.7 Å². The maximum Gasteiger partial charge on any atom is 0.101 e. The van der Waals surface area contributed by atoms with Gasteiger partial charge in [0.15, 0.2) is 0 Å². The number of anilines is 1. The summed E-state index contributed by atoms with van der Waals surface area (Å²) in [7, 11) is -1.38. The van der Waals surface area contributed by atoms with Crippen molar-refractivity contribution in [2.24, 2.45) is 10.6 Å². The van der Waals surface area contributed by atoms with E-state index in [0.29, 0.717) is 16.0 Å². The van der Waals surface area contributed by atoms with Crippen LogP contribution in [0.3, 0.4) is 0 Å². The highest BCUT2D eigenvalue weighted by molar-refractivity contribution is 7.99. The summed E-state index contributed by atoms with van der Waals surface area (Å²) in [4.78, 5) is 7.97. The molecular weight excluding hydrogens is 521 g/mol. The fourth-order valence-electron chi connectivity index (χ4n) is 5.40. The van der Waals surface area contributed by atoms with Gasteiger partial charge in [-0.25, -0.2) is 9.19 Å². The molecule has 0 amide bonds. The summed E-state index contributed by atoms with van der Waals surface area (Å²) in [6.07, 6.45) is 6.70. The van der Waals surface area contributed by atoms with Gasteiger partial charge in [-0.05, 0) is 63.4 Å². The molecule has 0 saturated carbocycles. The Kier molecular flexibility index (Phi) is 6.96. The van der Waals surface area contributed by atoms with E-state index in [9.17, 15) is 4.21 Å². The Balaban J connectivity index is 1.28. The number of hydrogen-bond donors (Lipinski definition) is 1. The number of benzene rings is 1. The zero-order valence-electron chi connectivity index (χ0n) is 19.8. The van der Waals surface area contributed by atoms with Gasteiger partial charge in [0.1, 0.15) is 5.03 Å². The SMILES string of the molecule is CC(C)(C[C@@H]1c2ccnn2CC12CCN(c1ccc(Sc3cccc(Cl)c3Cl)nc1)CC2)S(N)=O. The van der Waals surface area contributed by atoms with Crippen molar-refractivity contribution in [3.05, 3.63) is 64.5 Å². The summed E-state index contributed by atoms with van der Waals surface area (Å²) in [5.41, 5.74) is 2.49. The van der Waals surface area contributed by atoms with Gasteiger partial charge in [0.25, 0.3) is 0 Å². The molecule has 1 saturated heterocycles. The fourth-order valence-corrected chi connectivity index (χ4v) is 7.02. The van der Waals surface area contributed by atoms with Crippen LogP contribution in [0.5, 0.6) is 0 Å². The summed E-state index contributed by atoms with van der Waals surface area (Å²) >= 11 is 14.0. The van der Waals surface area contributed by atoms with Gasteiger partial charge in [-0.3, -0.25) is 9.82 Å². The zero-order chi connectivity index (χ0) is 24.8. The van der Waals surface area contributed by atoms with E-state index in [0.717, 1.165) is 54.5 Å². The van der Waals surface area contributed by atoms with E-state index in [1.165, 1.54) is 17.5 Å². The van der Waals surface area contributed by atoms with E-state index in [1.54, 1.807) is 6.07 Å². The Morgan fingerprint density at radius 3 is 2.66 bits per heavy atom. The summed E-state index contributed by atoms with van der Waals surface area (Å²) in [6.45, 7) is 6.82. The van der Waals surface area contributed by atoms with E-state index in [-0.39, 0.29) is 5.41 Å². The molecule has 6 nitrogen and oxygen atoms in total. The molecular formula is C25H29Cl2N5OS2. The lowest BCUT2D eigenvalue weighted by Crippen LogP contribution is -2.45. The van der Waals surface area contributed by atoms with Crippen molar-refractivity contribution in [1.82, 2.24) is 14.8 Å². The molecule has 0 bridgehead atoms. The van der Waals surface area contributed by atoms with E-state index >= 15 is 0 Å². The first-order valence-electron chi connectivity index (χ1n) is 11.7. The third-order valence-electron chi connectivity index (χ3n) is 7.53. The predicted molar refractivity (Wildman–Crippen MR) is 145 cm³/mol. The van der Waals surface area contributed by atoms with Crippen molar-refractivity contribution in [2.45, 2.75) is 60.2 Å². The minimum atomic E-state index is -1.38. The van der Waals surface area contributed by atoms with Crippen LogP contribution in [0.25, 0.3) is 0 Å². The van der Waals surface area contributed by atoms with Crippen molar-refractivity contribution < 1.29 is 4.21 Å². The number of pyridine rings is 1. The van der Waals surface area contributed by atoms with Crippen molar-refractivity contribution in [3.8, 4) is 0 Å². The molecule has 1 spiro atoms. The minimum absolute atomic E-state index is 0.114. The normalized spacial score (nSPS) is 20.3. The molecule has 0 radical (unpaired) electrons. The zero-order valence-corrected chi connectivity index (χ0v) is 22.9. The van der Waals surface area contributed by atoms with Crippen molar-refractivity contribution in [1.29, 1.82) is 0 Å². The Morgan fingerprint density at radius 1 is 1.20 bits per heavy atom. The molecule has 2 aliphatic heterocycles. The smallest absolute Gasteiger partial charge is 0.101 e. The predicted octanol–water partition coefficient (Wildman–Crippen LogP) is 5.91. The highest BCUT2D eigenvalue weighted by Crippen LogP contribution is 2.54. The summed E-state index contributed by atoms with van der Waals surface area (Å²) in [5, 5.41) is 12.4. The van der Waals surface area contributed by atoms with Crippen LogP contribution in [0.2, 0.25) is 10.0 Å².